The molecule has 0 radical (unpaired) electrons. The number of rotatable bonds is 4. The van der Waals surface area contributed by atoms with Crippen molar-refractivity contribution < 1.29 is 4.79 Å². The summed E-state index contributed by atoms with van der Waals surface area (Å²) in [6.07, 6.45) is 4.77. The van der Waals surface area contributed by atoms with Crippen LogP contribution in [0.4, 0.5) is 0 Å². The van der Waals surface area contributed by atoms with Gasteiger partial charge in [0.1, 0.15) is 5.82 Å². The minimum atomic E-state index is -0.721. The molecule has 1 aromatic heterocycles. The van der Waals surface area contributed by atoms with Gasteiger partial charge in [-0.3, -0.25) is 4.79 Å². The largest absolute Gasteiger partial charge is 0.345 e. The Morgan fingerprint density at radius 2 is 1.77 bits per heavy atom. The lowest BCUT2D eigenvalue weighted by molar-refractivity contribution is -0.128. The maximum Gasteiger partial charge on any atom is 0.240 e. The Hall–Kier alpha value is -1.30. The molecule has 0 saturated heterocycles. The molecule has 146 valence electrons. The second-order valence-electron chi connectivity index (χ2n) is 7.33. The number of hydrogen-bond donors (Lipinski definition) is 2. The molecule has 0 bridgehead atoms. The van der Waals surface area contributed by atoms with Crippen LogP contribution in [0, 0.1) is 0 Å². The predicted molar refractivity (Wildman–Crippen MR) is 111 cm³/mol. The first kappa shape index (κ1) is 22.7. The zero-order chi connectivity index (χ0) is 17.3. The Kier molecular flexibility index (Phi) is 7.93. The molecule has 1 unspecified atom stereocenters. The fourth-order valence-electron chi connectivity index (χ4n) is 3.73. The normalized spacial score (nSPS) is 17.3. The van der Waals surface area contributed by atoms with Crippen molar-refractivity contribution in [2.75, 3.05) is 0 Å². The molecule has 26 heavy (non-hydrogen) atoms. The quantitative estimate of drug-likeness (QED) is 0.802. The molecule has 1 aromatic carbocycles. The molecule has 1 aliphatic carbocycles. The number of nitrogens with one attached hydrogen (secondary N) is 1. The summed E-state index contributed by atoms with van der Waals surface area (Å²) in [4.78, 5) is 17.5. The summed E-state index contributed by atoms with van der Waals surface area (Å²) in [6, 6.07) is 8.20. The van der Waals surface area contributed by atoms with Gasteiger partial charge in [0.2, 0.25) is 5.91 Å². The number of fused-ring (bicyclic) bond motifs is 1. The van der Waals surface area contributed by atoms with Crippen molar-refractivity contribution in [1.82, 2.24) is 14.9 Å². The van der Waals surface area contributed by atoms with Crippen molar-refractivity contribution in [3.05, 3.63) is 30.1 Å². The zero-order valence-corrected chi connectivity index (χ0v) is 17.3. The Labute approximate surface area is 167 Å². The first-order valence-corrected chi connectivity index (χ1v) is 8.99. The van der Waals surface area contributed by atoms with Crippen LogP contribution < -0.4 is 11.1 Å². The fraction of sp³-hybridized carbons (Fsp3) is 0.579. The third kappa shape index (κ3) is 4.33. The van der Waals surface area contributed by atoms with Crippen LogP contribution in [0.3, 0.4) is 0 Å². The van der Waals surface area contributed by atoms with Crippen LogP contribution in [0.15, 0.2) is 24.3 Å². The minimum Gasteiger partial charge on any atom is -0.345 e. The van der Waals surface area contributed by atoms with Gasteiger partial charge in [-0.15, -0.1) is 24.8 Å². The average Bonchev–Trinajstić information content (AvgIpc) is 2.95. The van der Waals surface area contributed by atoms with E-state index in [0.29, 0.717) is 0 Å². The molecule has 1 heterocycles. The van der Waals surface area contributed by atoms with Crippen molar-refractivity contribution in [2.45, 2.75) is 70.5 Å². The van der Waals surface area contributed by atoms with Gasteiger partial charge in [0.25, 0.3) is 0 Å². The Morgan fingerprint density at radius 1 is 1.15 bits per heavy atom. The number of nitrogens with two attached hydrogens (primary N) is 1. The van der Waals surface area contributed by atoms with Gasteiger partial charge < -0.3 is 15.6 Å². The Bertz CT molecular complexity index is 738. The summed E-state index contributed by atoms with van der Waals surface area (Å²) in [7, 11) is 0. The summed E-state index contributed by atoms with van der Waals surface area (Å²) in [5, 5.41) is 3.12. The van der Waals surface area contributed by atoms with E-state index in [4.69, 9.17) is 10.7 Å². The predicted octanol–water partition coefficient (Wildman–Crippen LogP) is 4.30. The van der Waals surface area contributed by atoms with Gasteiger partial charge in [-0.2, -0.15) is 0 Å². The highest BCUT2D eigenvalue weighted by atomic mass is 35.5. The number of nitrogens with zero attached hydrogens (tertiary/aromatic N) is 2. The van der Waals surface area contributed by atoms with Crippen LogP contribution in [-0.2, 0) is 4.79 Å². The summed E-state index contributed by atoms with van der Waals surface area (Å²) in [5.74, 6) is 0.844. The number of carbonyl (C=O) groups is 1. The van der Waals surface area contributed by atoms with Crippen LogP contribution in [0.1, 0.15) is 70.8 Å². The number of benzene rings is 1. The summed E-state index contributed by atoms with van der Waals surface area (Å²) >= 11 is 0. The van der Waals surface area contributed by atoms with E-state index in [1.807, 2.05) is 25.1 Å². The molecule has 1 amide bonds. The molecule has 7 heteroatoms. The standard InChI is InChI=1S/C19H28N4O.2ClH/c1-13(2)23-16-10-6-5-9-15(16)22-17(23)14(3)21-18(24)19(20)11-7-4-8-12-19;;/h5-6,9-10,13-14H,4,7-8,11-12,20H2,1-3H3,(H,21,24);2*1H. The van der Waals surface area contributed by atoms with Crippen LogP contribution in [-0.4, -0.2) is 21.0 Å². The number of amides is 1. The van der Waals surface area contributed by atoms with E-state index < -0.39 is 5.54 Å². The van der Waals surface area contributed by atoms with Crippen molar-refractivity contribution >= 4 is 41.8 Å². The molecule has 2 aromatic rings. The molecular weight excluding hydrogens is 371 g/mol. The number of hydrogen-bond acceptors (Lipinski definition) is 3. The van der Waals surface area contributed by atoms with Gasteiger partial charge in [0.15, 0.2) is 0 Å². The monoisotopic (exact) mass is 400 g/mol. The second-order valence-corrected chi connectivity index (χ2v) is 7.33. The smallest absolute Gasteiger partial charge is 0.240 e. The highest BCUT2D eigenvalue weighted by Gasteiger charge is 2.36. The molecule has 1 atom stereocenters. The maximum absolute atomic E-state index is 12.7. The van der Waals surface area contributed by atoms with E-state index in [1.54, 1.807) is 0 Å². The minimum absolute atomic E-state index is 0. The van der Waals surface area contributed by atoms with E-state index in [9.17, 15) is 4.79 Å². The number of carbonyl (C=O) groups excluding carboxylic acids is 1. The molecule has 1 aliphatic rings. The molecule has 0 aliphatic heterocycles. The van der Waals surface area contributed by atoms with Gasteiger partial charge in [-0.25, -0.2) is 4.98 Å². The van der Waals surface area contributed by atoms with Gasteiger partial charge in [-0.05, 0) is 45.7 Å². The summed E-state index contributed by atoms with van der Waals surface area (Å²) in [5.41, 5.74) is 7.70. The molecule has 5 nitrogen and oxygen atoms in total. The Morgan fingerprint density at radius 3 is 2.38 bits per heavy atom. The van der Waals surface area contributed by atoms with Gasteiger partial charge in [-0.1, -0.05) is 31.4 Å². The SMILES string of the molecule is CC(NC(=O)C1(N)CCCCC1)c1nc2ccccc2n1C(C)C.Cl.Cl. The zero-order valence-electron chi connectivity index (χ0n) is 15.7. The van der Waals surface area contributed by atoms with Crippen LogP contribution in [0.5, 0.6) is 0 Å². The first-order chi connectivity index (χ1) is 11.4. The molecule has 3 rings (SSSR count). The first-order valence-electron chi connectivity index (χ1n) is 8.99. The molecular formula is C19H30Cl2N4O. The Balaban J connectivity index is 0.00000169. The number of aromatic nitrogens is 2. The summed E-state index contributed by atoms with van der Waals surface area (Å²) < 4.78 is 2.20. The lowest BCUT2D eigenvalue weighted by Crippen LogP contribution is -2.55. The van der Waals surface area contributed by atoms with Gasteiger partial charge in [0, 0.05) is 6.04 Å². The van der Waals surface area contributed by atoms with E-state index in [1.165, 1.54) is 6.42 Å². The van der Waals surface area contributed by atoms with Crippen LogP contribution in [0.2, 0.25) is 0 Å². The number of para-hydroxylation sites is 2. The highest BCUT2D eigenvalue weighted by Crippen LogP contribution is 2.28. The summed E-state index contributed by atoms with van der Waals surface area (Å²) in [6.45, 7) is 6.26. The van der Waals surface area contributed by atoms with E-state index in [0.717, 1.165) is 42.5 Å². The number of halogens is 2. The lowest BCUT2D eigenvalue weighted by Gasteiger charge is -2.33. The number of imidazole rings is 1. The molecule has 1 saturated carbocycles. The van der Waals surface area contributed by atoms with Crippen LogP contribution in [0.25, 0.3) is 11.0 Å². The second kappa shape index (κ2) is 9.07. The lowest BCUT2D eigenvalue weighted by atomic mass is 9.82. The average molecular weight is 401 g/mol. The van der Waals surface area contributed by atoms with Crippen molar-refractivity contribution in [3.8, 4) is 0 Å². The van der Waals surface area contributed by atoms with Crippen LogP contribution >= 0.6 is 24.8 Å². The van der Waals surface area contributed by atoms with Crippen molar-refractivity contribution in [2.24, 2.45) is 5.73 Å². The van der Waals surface area contributed by atoms with Gasteiger partial charge in [0.05, 0.1) is 22.6 Å². The third-order valence-corrected chi connectivity index (χ3v) is 5.07. The highest BCUT2D eigenvalue weighted by molar-refractivity contribution is 5.86. The van der Waals surface area contributed by atoms with E-state index >= 15 is 0 Å². The fourth-order valence-corrected chi connectivity index (χ4v) is 3.73. The third-order valence-electron chi connectivity index (χ3n) is 5.07. The van der Waals surface area contributed by atoms with Crippen molar-refractivity contribution in [3.63, 3.8) is 0 Å². The molecule has 0 spiro atoms. The van der Waals surface area contributed by atoms with Crippen molar-refractivity contribution in [1.29, 1.82) is 0 Å². The van der Waals surface area contributed by atoms with Gasteiger partial charge >= 0.3 is 0 Å². The maximum atomic E-state index is 12.7. The van der Waals surface area contributed by atoms with E-state index in [2.05, 4.69) is 29.8 Å². The molecule has 3 N–H and O–H groups in total. The van der Waals surface area contributed by atoms with E-state index in [-0.39, 0.29) is 42.8 Å². The topological polar surface area (TPSA) is 72.9 Å². The molecule has 1 fully saturated rings.